The van der Waals surface area contributed by atoms with Crippen LogP contribution in [0.2, 0.25) is 0 Å². The number of nitrogens with zero attached hydrogens (tertiary/aromatic N) is 1. The lowest BCUT2D eigenvalue weighted by atomic mass is 10.2. The Morgan fingerprint density at radius 3 is 2.76 bits per heavy atom. The third-order valence-electron chi connectivity index (χ3n) is 3.39. The number of aromatic nitrogens is 1. The van der Waals surface area contributed by atoms with E-state index in [1.807, 2.05) is 6.92 Å². The average Bonchev–Trinajstić information content (AvgIpc) is 3.16. The van der Waals surface area contributed by atoms with E-state index in [1.165, 1.54) is 18.3 Å². The van der Waals surface area contributed by atoms with Crippen molar-refractivity contribution in [2.24, 2.45) is 11.8 Å². The van der Waals surface area contributed by atoms with Crippen LogP contribution < -0.4 is 10.6 Å². The van der Waals surface area contributed by atoms with Crippen molar-refractivity contribution in [2.75, 3.05) is 11.9 Å². The van der Waals surface area contributed by atoms with E-state index < -0.39 is 5.97 Å². The van der Waals surface area contributed by atoms with Crippen LogP contribution in [0.3, 0.4) is 0 Å². The minimum atomic E-state index is -1.16. The van der Waals surface area contributed by atoms with E-state index >= 15 is 0 Å². The Hall–Kier alpha value is -2.44. The van der Waals surface area contributed by atoms with Gasteiger partial charge < -0.3 is 15.7 Å². The third-order valence-corrected chi connectivity index (χ3v) is 3.39. The lowest BCUT2D eigenvalue weighted by Crippen LogP contribution is -2.29. The second kappa shape index (κ2) is 6.34. The first-order chi connectivity index (χ1) is 9.99. The van der Waals surface area contributed by atoms with Crippen LogP contribution in [0.4, 0.5) is 5.82 Å². The molecule has 7 nitrogen and oxygen atoms in total. The summed E-state index contributed by atoms with van der Waals surface area (Å²) in [6, 6.07) is 2.84. The highest BCUT2D eigenvalue weighted by molar-refractivity contribution is 5.99. The van der Waals surface area contributed by atoms with Gasteiger partial charge in [-0.25, -0.2) is 9.78 Å². The molecule has 2 amide bonds. The summed E-state index contributed by atoms with van der Waals surface area (Å²) in [7, 11) is 0. The van der Waals surface area contributed by atoms with Gasteiger partial charge in [-0.1, -0.05) is 6.92 Å². The van der Waals surface area contributed by atoms with Crippen molar-refractivity contribution in [3.05, 3.63) is 23.9 Å². The molecule has 0 aromatic carbocycles. The molecule has 1 fully saturated rings. The van der Waals surface area contributed by atoms with Gasteiger partial charge in [-0.15, -0.1) is 0 Å². The molecule has 1 aliphatic rings. The molecule has 2 atom stereocenters. The molecule has 3 N–H and O–H groups in total. The molecule has 0 radical (unpaired) electrons. The topological polar surface area (TPSA) is 108 Å². The van der Waals surface area contributed by atoms with Crippen molar-refractivity contribution in [3.63, 3.8) is 0 Å². The van der Waals surface area contributed by atoms with Gasteiger partial charge >= 0.3 is 5.97 Å². The molecule has 0 spiro atoms. The molecule has 1 aromatic rings. The van der Waals surface area contributed by atoms with Gasteiger partial charge in [0.25, 0.3) is 0 Å². The van der Waals surface area contributed by atoms with Crippen molar-refractivity contribution in [1.82, 2.24) is 10.3 Å². The Balaban J connectivity index is 1.79. The standard InChI is InChI=1S/C14H17N3O4/c1-8-7-10(8)13(19)16-6-4-11(18)17-12-9(14(20)21)3-2-5-15-12/h2-3,5,8,10H,4,6-7H2,1H3,(H,16,19)(H,20,21)(H,15,17,18). The Morgan fingerprint density at radius 1 is 1.43 bits per heavy atom. The Labute approximate surface area is 121 Å². The van der Waals surface area contributed by atoms with Crippen LogP contribution in [0.25, 0.3) is 0 Å². The summed E-state index contributed by atoms with van der Waals surface area (Å²) in [5, 5.41) is 14.1. The van der Waals surface area contributed by atoms with Crippen LogP contribution in [0.15, 0.2) is 18.3 Å². The summed E-state index contributed by atoms with van der Waals surface area (Å²) in [6.07, 6.45) is 2.37. The fourth-order valence-electron chi connectivity index (χ4n) is 1.99. The molecule has 1 aromatic heterocycles. The Morgan fingerprint density at radius 2 is 2.14 bits per heavy atom. The summed E-state index contributed by atoms with van der Waals surface area (Å²) < 4.78 is 0. The van der Waals surface area contributed by atoms with Gasteiger partial charge in [0.05, 0.1) is 0 Å². The maximum absolute atomic E-state index is 11.7. The van der Waals surface area contributed by atoms with Crippen molar-refractivity contribution in [1.29, 1.82) is 0 Å². The van der Waals surface area contributed by atoms with Crippen molar-refractivity contribution in [3.8, 4) is 0 Å². The number of hydrogen-bond acceptors (Lipinski definition) is 4. The molecule has 21 heavy (non-hydrogen) atoms. The predicted molar refractivity (Wildman–Crippen MR) is 74.7 cm³/mol. The van der Waals surface area contributed by atoms with Crippen LogP contribution in [0.5, 0.6) is 0 Å². The summed E-state index contributed by atoms with van der Waals surface area (Å²) >= 11 is 0. The molecular weight excluding hydrogens is 274 g/mol. The van der Waals surface area contributed by atoms with Gasteiger partial charge in [-0.2, -0.15) is 0 Å². The van der Waals surface area contributed by atoms with Crippen molar-refractivity contribution >= 4 is 23.6 Å². The smallest absolute Gasteiger partial charge is 0.339 e. The lowest BCUT2D eigenvalue weighted by molar-refractivity contribution is -0.122. The molecule has 1 heterocycles. The highest BCUT2D eigenvalue weighted by atomic mass is 16.4. The van der Waals surface area contributed by atoms with Gasteiger partial charge in [-0.3, -0.25) is 9.59 Å². The molecule has 112 valence electrons. The predicted octanol–water partition coefficient (Wildman–Crippen LogP) is 0.881. The zero-order valence-electron chi connectivity index (χ0n) is 11.6. The highest BCUT2D eigenvalue weighted by Crippen LogP contribution is 2.37. The van der Waals surface area contributed by atoms with E-state index in [-0.39, 0.29) is 42.1 Å². The maximum atomic E-state index is 11.7. The zero-order valence-corrected chi connectivity index (χ0v) is 11.6. The number of carboxylic acids is 1. The Kier molecular flexibility index (Phi) is 4.52. The van der Waals surface area contributed by atoms with E-state index in [0.717, 1.165) is 6.42 Å². The van der Waals surface area contributed by atoms with Crippen LogP contribution >= 0.6 is 0 Å². The van der Waals surface area contributed by atoms with E-state index in [9.17, 15) is 14.4 Å². The van der Waals surface area contributed by atoms with Crippen LogP contribution in [-0.2, 0) is 9.59 Å². The normalized spacial score (nSPS) is 19.7. The number of carbonyl (C=O) groups is 3. The molecule has 2 unspecified atom stereocenters. The molecule has 0 bridgehead atoms. The van der Waals surface area contributed by atoms with Gasteiger partial charge in [0, 0.05) is 25.1 Å². The third kappa shape index (κ3) is 4.01. The van der Waals surface area contributed by atoms with Crippen LogP contribution in [0.1, 0.15) is 30.1 Å². The zero-order chi connectivity index (χ0) is 15.4. The molecule has 0 saturated heterocycles. The van der Waals surface area contributed by atoms with Gasteiger partial charge in [0.1, 0.15) is 11.4 Å². The Bertz CT molecular complexity index is 573. The number of hydrogen-bond donors (Lipinski definition) is 3. The second-order valence-corrected chi connectivity index (χ2v) is 5.11. The molecule has 7 heteroatoms. The number of amides is 2. The molecule has 1 saturated carbocycles. The highest BCUT2D eigenvalue weighted by Gasteiger charge is 2.38. The summed E-state index contributed by atoms with van der Waals surface area (Å²) in [4.78, 5) is 38.1. The second-order valence-electron chi connectivity index (χ2n) is 5.11. The fraction of sp³-hybridized carbons (Fsp3) is 0.429. The first-order valence-electron chi connectivity index (χ1n) is 6.75. The first-order valence-corrected chi connectivity index (χ1v) is 6.75. The maximum Gasteiger partial charge on any atom is 0.339 e. The fourth-order valence-corrected chi connectivity index (χ4v) is 1.99. The number of pyridine rings is 1. The number of carboxylic acid groups (broad SMARTS) is 1. The molecular formula is C14H17N3O4. The SMILES string of the molecule is CC1CC1C(=O)NCCC(=O)Nc1ncccc1C(=O)O. The van der Waals surface area contributed by atoms with Gasteiger partial charge in [-0.05, 0) is 24.5 Å². The average molecular weight is 291 g/mol. The van der Waals surface area contributed by atoms with E-state index in [1.54, 1.807) is 0 Å². The summed E-state index contributed by atoms with van der Waals surface area (Å²) in [5.74, 6) is -1.07. The molecule has 2 rings (SSSR count). The van der Waals surface area contributed by atoms with Crippen LogP contribution in [0, 0.1) is 11.8 Å². The number of aromatic carboxylic acids is 1. The monoisotopic (exact) mass is 291 g/mol. The van der Waals surface area contributed by atoms with E-state index in [4.69, 9.17) is 5.11 Å². The van der Waals surface area contributed by atoms with E-state index in [2.05, 4.69) is 15.6 Å². The van der Waals surface area contributed by atoms with Crippen molar-refractivity contribution < 1.29 is 19.5 Å². The number of anilines is 1. The van der Waals surface area contributed by atoms with Crippen LogP contribution in [-0.4, -0.2) is 34.4 Å². The van der Waals surface area contributed by atoms with E-state index in [0.29, 0.717) is 5.92 Å². The lowest BCUT2D eigenvalue weighted by Gasteiger charge is -2.07. The van der Waals surface area contributed by atoms with Crippen molar-refractivity contribution in [2.45, 2.75) is 19.8 Å². The molecule has 0 aliphatic heterocycles. The van der Waals surface area contributed by atoms with Gasteiger partial charge in [0.2, 0.25) is 11.8 Å². The number of carbonyl (C=O) groups excluding carboxylic acids is 2. The number of rotatable bonds is 6. The molecule has 1 aliphatic carbocycles. The minimum absolute atomic E-state index is 0.0112. The minimum Gasteiger partial charge on any atom is -0.478 e. The largest absolute Gasteiger partial charge is 0.478 e. The summed E-state index contributed by atoms with van der Waals surface area (Å²) in [5.41, 5.74) is -0.0679. The van der Waals surface area contributed by atoms with Gasteiger partial charge in [0.15, 0.2) is 0 Å². The summed E-state index contributed by atoms with van der Waals surface area (Å²) in [6.45, 7) is 2.23. The quantitative estimate of drug-likeness (QED) is 0.721. The first kappa shape index (κ1) is 15.0. The number of nitrogens with one attached hydrogen (secondary N) is 2.